The van der Waals surface area contributed by atoms with Crippen molar-refractivity contribution in [3.8, 4) is 0 Å². The van der Waals surface area contributed by atoms with Crippen molar-refractivity contribution >= 4 is 27.4 Å². The van der Waals surface area contributed by atoms with Gasteiger partial charge in [0.2, 0.25) is 0 Å². The lowest BCUT2D eigenvalue weighted by atomic mass is 10.1. The average molecular weight is 456 g/mol. The molecular formula is C19H13ClF3N3O3S. The predicted molar refractivity (Wildman–Crippen MR) is 104 cm³/mol. The lowest BCUT2D eigenvalue weighted by Crippen LogP contribution is -2.13. The summed E-state index contributed by atoms with van der Waals surface area (Å²) in [5, 5.41) is 3.26. The van der Waals surface area contributed by atoms with Gasteiger partial charge in [0.25, 0.3) is 0 Å². The molecule has 0 fully saturated rings. The van der Waals surface area contributed by atoms with Crippen LogP contribution in [0, 0.1) is 6.92 Å². The maximum absolute atomic E-state index is 12.9. The van der Waals surface area contributed by atoms with Gasteiger partial charge in [-0.3, -0.25) is 14.3 Å². The summed E-state index contributed by atoms with van der Waals surface area (Å²) in [5.41, 5.74) is -0.371. The average Bonchev–Trinajstić information content (AvgIpc) is 2.69. The van der Waals surface area contributed by atoms with Crippen molar-refractivity contribution in [3.63, 3.8) is 0 Å². The van der Waals surface area contributed by atoms with Crippen LogP contribution in [-0.4, -0.2) is 24.1 Å². The Balaban J connectivity index is 2.05. The zero-order chi connectivity index (χ0) is 21.9. The van der Waals surface area contributed by atoms with E-state index < -0.39 is 21.9 Å². The minimum Gasteiger partial charge on any atom is -0.264 e. The molecule has 0 amide bonds. The van der Waals surface area contributed by atoms with Gasteiger partial charge in [-0.2, -0.15) is 21.6 Å². The zero-order valence-electron chi connectivity index (χ0n) is 15.3. The molecule has 0 saturated heterocycles. The van der Waals surface area contributed by atoms with E-state index in [-0.39, 0.29) is 26.9 Å². The Morgan fingerprint density at radius 1 is 1.13 bits per heavy atom. The number of benzene rings is 1. The highest BCUT2D eigenvalue weighted by Gasteiger charge is 2.32. The van der Waals surface area contributed by atoms with Crippen LogP contribution in [0.3, 0.4) is 0 Å². The maximum Gasteiger partial charge on any atom is 0.417 e. The standard InChI is InChI=1S/C19H13ClF3N3O3S/c1-12-4-6-15(7-5-12)30(27,28)29-26-17(13-3-2-8-24-10-13)18-16(20)9-14(11-25-18)19(21,22)23/h2-11H,1H3/b26-17+. The van der Waals surface area contributed by atoms with Gasteiger partial charge in [0.1, 0.15) is 16.3 Å². The van der Waals surface area contributed by atoms with Crippen molar-refractivity contribution in [1.82, 2.24) is 9.97 Å². The Bertz CT molecular complexity index is 1180. The molecule has 30 heavy (non-hydrogen) atoms. The van der Waals surface area contributed by atoms with E-state index in [0.717, 1.165) is 5.56 Å². The molecule has 0 radical (unpaired) electrons. The first kappa shape index (κ1) is 21.7. The van der Waals surface area contributed by atoms with Crippen molar-refractivity contribution in [2.45, 2.75) is 18.0 Å². The van der Waals surface area contributed by atoms with Gasteiger partial charge in [0, 0.05) is 24.2 Å². The highest BCUT2D eigenvalue weighted by atomic mass is 35.5. The van der Waals surface area contributed by atoms with Crippen molar-refractivity contribution < 1.29 is 25.9 Å². The molecule has 0 atom stereocenters. The molecule has 0 aliphatic heterocycles. The van der Waals surface area contributed by atoms with Crippen molar-refractivity contribution in [1.29, 1.82) is 0 Å². The Morgan fingerprint density at radius 2 is 1.83 bits per heavy atom. The molecular weight excluding hydrogens is 443 g/mol. The number of aryl methyl sites for hydroxylation is 1. The summed E-state index contributed by atoms with van der Waals surface area (Å²) in [4.78, 5) is 7.47. The highest BCUT2D eigenvalue weighted by molar-refractivity contribution is 7.86. The third-order valence-electron chi connectivity index (χ3n) is 3.86. The number of rotatable bonds is 5. The van der Waals surface area contributed by atoms with E-state index in [1.54, 1.807) is 19.1 Å². The van der Waals surface area contributed by atoms with Crippen LogP contribution in [0.5, 0.6) is 0 Å². The molecule has 11 heteroatoms. The summed E-state index contributed by atoms with van der Waals surface area (Å²) in [7, 11) is -4.29. The second-order valence-electron chi connectivity index (χ2n) is 6.08. The van der Waals surface area contributed by atoms with Gasteiger partial charge in [-0.15, -0.1) is 0 Å². The van der Waals surface area contributed by atoms with Crippen LogP contribution in [0.25, 0.3) is 0 Å². The minimum atomic E-state index is -4.65. The van der Waals surface area contributed by atoms with Crippen molar-refractivity contribution in [2.75, 3.05) is 0 Å². The fourth-order valence-electron chi connectivity index (χ4n) is 2.34. The Morgan fingerprint density at radius 3 is 2.40 bits per heavy atom. The van der Waals surface area contributed by atoms with Gasteiger partial charge >= 0.3 is 16.3 Å². The van der Waals surface area contributed by atoms with E-state index in [1.807, 2.05) is 0 Å². The highest BCUT2D eigenvalue weighted by Crippen LogP contribution is 2.31. The van der Waals surface area contributed by atoms with Gasteiger partial charge < -0.3 is 0 Å². The summed E-state index contributed by atoms with van der Waals surface area (Å²) in [5.74, 6) is 0. The SMILES string of the molecule is Cc1ccc(S(=O)(=O)O/N=C(\c2cccnc2)c2ncc(C(F)(F)F)cc2Cl)cc1. The van der Waals surface area contributed by atoms with Crippen molar-refractivity contribution in [2.24, 2.45) is 5.16 Å². The molecule has 0 bridgehead atoms. The Labute approximate surface area is 175 Å². The van der Waals surface area contributed by atoms with Crippen LogP contribution in [0.4, 0.5) is 13.2 Å². The van der Waals surface area contributed by atoms with Crippen molar-refractivity contribution in [3.05, 3.63) is 88.5 Å². The molecule has 0 N–H and O–H groups in total. The number of pyridine rings is 2. The van der Waals surface area contributed by atoms with E-state index >= 15 is 0 Å². The molecule has 0 aliphatic rings. The first-order valence-electron chi connectivity index (χ1n) is 8.30. The number of aromatic nitrogens is 2. The fourth-order valence-corrected chi connectivity index (χ4v) is 3.32. The molecule has 0 unspecified atom stereocenters. The Hall–Kier alpha value is -2.98. The van der Waals surface area contributed by atoms with Crippen LogP contribution in [0.2, 0.25) is 5.02 Å². The lowest BCUT2D eigenvalue weighted by molar-refractivity contribution is -0.137. The molecule has 0 aliphatic carbocycles. The van der Waals surface area contributed by atoms with Crippen LogP contribution in [0.1, 0.15) is 22.4 Å². The lowest BCUT2D eigenvalue weighted by Gasteiger charge is -2.11. The van der Waals surface area contributed by atoms with E-state index in [0.29, 0.717) is 12.3 Å². The summed E-state index contributed by atoms with van der Waals surface area (Å²) < 4.78 is 68.4. The van der Waals surface area contributed by atoms with E-state index in [2.05, 4.69) is 15.1 Å². The van der Waals surface area contributed by atoms with Gasteiger partial charge in [-0.25, -0.2) is 0 Å². The smallest absolute Gasteiger partial charge is 0.264 e. The summed E-state index contributed by atoms with van der Waals surface area (Å²) in [6, 6.07) is 9.54. The van der Waals surface area contributed by atoms with E-state index in [9.17, 15) is 21.6 Å². The minimum absolute atomic E-state index is 0.145. The topological polar surface area (TPSA) is 81.5 Å². The first-order valence-corrected chi connectivity index (χ1v) is 10.1. The second kappa shape index (κ2) is 8.41. The second-order valence-corrected chi connectivity index (χ2v) is 8.01. The third kappa shape index (κ3) is 4.95. The molecule has 156 valence electrons. The third-order valence-corrected chi connectivity index (χ3v) is 5.27. The molecule has 6 nitrogen and oxygen atoms in total. The maximum atomic E-state index is 12.9. The molecule has 3 rings (SSSR count). The molecule has 0 saturated carbocycles. The normalized spacial score (nSPS) is 12.6. The summed E-state index contributed by atoms with van der Waals surface area (Å²) in [6.07, 6.45) is -1.31. The van der Waals surface area contributed by atoms with Gasteiger partial charge in [-0.05, 0) is 37.3 Å². The van der Waals surface area contributed by atoms with Crippen LogP contribution < -0.4 is 0 Å². The number of hydrogen-bond donors (Lipinski definition) is 0. The monoisotopic (exact) mass is 455 g/mol. The molecule has 2 aromatic heterocycles. The molecule has 3 aromatic rings. The van der Waals surface area contributed by atoms with Crippen LogP contribution in [-0.2, 0) is 20.6 Å². The van der Waals surface area contributed by atoms with Gasteiger partial charge in [0.15, 0.2) is 0 Å². The van der Waals surface area contributed by atoms with E-state index in [1.165, 1.54) is 36.7 Å². The molecule has 0 spiro atoms. The molecule has 1 aromatic carbocycles. The number of halogens is 4. The predicted octanol–water partition coefficient (Wildman–Crippen LogP) is 4.62. The quantitative estimate of drug-likeness (QED) is 0.414. The van der Waals surface area contributed by atoms with Gasteiger partial charge in [-0.1, -0.05) is 34.5 Å². The van der Waals surface area contributed by atoms with Gasteiger partial charge in [0.05, 0.1) is 10.6 Å². The Kier molecular flexibility index (Phi) is 6.09. The van der Waals surface area contributed by atoms with Crippen LogP contribution in [0.15, 0.2) is 71.1 Å². The summed E-state index contributed by atoms with van der Waals surface area (Å²) in [6.45, 7) is 1.79. The number of oxime groups is 1. The fraction of sp³-hybridized carbons (Fsp3) is 0.105. The zero-order valence-corrected chi connectivity index (χ0v) is 16.8. The largest absolute Gasteiger partial charge is 0.417 e. The van der Waals surface area contributed by atoms with E-state index in [4.69, 9.17) is 15.9 Å². The summed E-state index contributed by atoms with van der Waals surface area (Å²) >= 11 is 6.00. The van der Waals surface area contributed by atoms with Crippen LogP contribution >= 0.6 is 11.6 Å². The molecule has 2 heterocycles. The first-order chi connectivity index (χ1) is 14.1. The number of hydrogen-bond acceptors (Lipinski definition) is 6. The number of nitrogens with zero attached hydrogens (tertiary/aromatic N) is 3. The number of alkyl halides is 3.